The lowest BCUT2D eigenvalue weighted by Gasteiger charge is -2.12. The first kappa shape index (κ1) is 12.7. The summed E-state index contributed by atoms with van der Waals surface area (Å²) in [5.41, 5.74) is 0. The van der Waals surface area contributed by atoms with Crippen LogP contribution in [-0.2, 0) is 9.53 Å². The van der Waals surface area contributed by atoms with E-state index in [2.05, 4.69) is 5.32 Å². The molecular weight excluding hydrogens is 190 g/mol. The number of nitrogens with one attached hydrogen (secondary N) is 1. The van der Waals surface area contributed by atoms with E-state index in [-0.39, 0.29) is 0 Å². The number of Topliss-reactive ketones (excluding diaryl/α,β-unsaturated/α-hetero) is 1. The van der Waals surface area contributed by atoms with E-state index >= 15 is 0 Å². The largest absolute Gasteiger partial charge is 0.383 e. The number of methoxy groups -OCH3 is 1. The SMILES string of the molecule is COCCNCC(=O)C1CCCCCC1. The first-order valence-corrected chi connectivity index (χ1v) is 6.07. The molecule has 3 heteroatoms. The molecule has 0 amide bonds. The second kappa shape index (κ2) is 7.83. The Kier molecular flexibility index (Phi) is 6.60. The highest BCUT2D eigenvalue weighted by Gasteiger charge is 2.18. The third-order valence-electron chi connectivity index (χ3n) is 3.09. The predicted octanol–water partition coefficient (Wildman–Crippen LogP) is 1.76. The van der Waals surface area contributed by atoms with Crippen molar-refractivity contribution >= 4 is 5.78 Å². The first-order chi connectivity index (χ1) is 7.34. The number of rotatable bonds is 6. The number of carbonyl (C=O) groups excluding carboxylic acids is 1. The van der Waals surface area contributed by atoms with Crippen molar-refractivity contribution in [3.05, 3.63) is 0 Å². The minimum Gasteiger partial charge on any atom is -0.383 e. The highest BCUT2D eigenvalue weighted by atomic mass is 16.5. The Morgan fingerprint density at radius 1 is 1.27 bits per heavy atom. The summed E-state index contributed by atoms with van der Waals surface area (Å²) in [5, 5.41) is 3.13. The fraction of sp³-hybridized carbons (Fsp3) is 0.917. The fourth-order valence-electron chi connectivity index (χ4n) is 2.13. The lowest BCUT2D eigenvalue weighted by Crippen LogP contribution is -2.30. The Balaban J connectivity index is 2.14. The van der Waals surface area contributed by atoms with Crippen LogP contribution in [0.25, 0.3) is 0 Å². The van der Waals surface area contributed by atoms with Crippen LogP contribution in [0.3, 0.4) is 0 Å². The molecule has 0 aromatic carbocycles. The Morgan fingerprint density at radius 3 is 2.53 bits per heavy atom. The molecule has 0 unspecified atom stereocenters. The molecule has 0 aliphatic heterocycles. The third kappa shape index (κ3) is 5.28. The molecule has 0 heterocycles. The maximum atomic E-state index is 11.8. The summed E-state index contributed by atoms with van der Waals surface area (Å²) in [5.74, 6) is 0.718. The van der Waals surface area contributed by atoms with Crippen LogP contribution in [0.15, 0.2) is 0 Å². The standard InChI is InChI=1S/C12H23NO2/c1-15-9-8-13-10-12(14)11-6-4-2-3-5-7-11/h11,13H,2-10H2,1H3. The third-order valence-corrected chi connectivity index (χ3v) is 3.09. The lowest BCUT2D eigenvalue weighted by atomic mass is 9.95. The van der Waals surface area contributed by atoms with Gasteiger partial charge in [0.15, 0.2) is 0 Å². The summed E-state index contributed by atoms with van der Waals surface area (Å²) in [6.45, 7) is 1.97. The van der Waals surface area contributed by atoms with Gasteiger partial charge < -0.3 is 10.1 Å². The van der Waals surface area contributed by atoms with Crippen molar-refractivity contribution < 1.29 is 9.53 Å². The maximum Gasteiger partial charge on any atom is 0.149 e. The zero-order valence-corrected chi connectivity index (χ0v) is 9.76. The number of ether oxygens (including phenoxy) is 1. The molecule has 3 nitrogen and oxygen atoms in total. The van der Waals surface area contributed by atoms with Crippen molar-refractivity contribution in [1.82, 2.24) is 5.32 Å². The molecule has 1 aliphatic carbocycles. The lowest BCUT2D eigenvalue weighted by molar-refractivity contribution is -0.122. The minimum atomic E-state index is 0.322. The van der Waals surface area contributed by atoms with E-state index in [1.54, 1.807) is 7.11 Å². The molecule has 1 rings (SSSR count). The van der Waals surface area contributed by atoms with E-state index in [4.69, 9.17) is 4.74 Å². The summed E-state index contributed by atoms with van der Waals surface area (Å²) < 4.78 is 4.92. The molecule has 0 radical (unpaired) electrons. The van der Waals surface area contributed by atoms with Crippen LogP contribution in [0.4, 0.5) is 0 Å². The van der Waals surface area contributed by atoms with Crippen molar-refractivity contribution in [3.8, 4) is 0 Å². The van der Waals surface area contributed by atoms with Crippen molar-refractivity contribution in [2.24, 2.45) is 5.92 Å². The van der Waals surface area contributed by atoms with Crippen LogP contribution in [0.5, 0.6) is 0 Å². The normalized spacial score (nSPS) is 18.7. The summed E-state index contributed by atoms with van der Waals surface area (Å²) in [7, 11) is 1.68. The van der Waals surface area contributed by atoms with Crippen LogP contribution in [-0.4, -0.2) is 32.6 Å². The van der Waals surface area contributed by atoms with Crippen LogP contribution >= 0.6 is 0 Å². The zero-order chi connectivity index (χ0) is 10.9. The van der Waals surface area contributed by atoms with Gasteiger partial charge in [-0.05, 0) is 12.8 Å². The highest BCUT2D eigenvalue weighted by Crippen LogP contribution is 2.23. The molecule has 1 saturated carbocycles. The number of hydrogen-bond acceptors (Lipinski definition) is 3. The van der Waals surface area contributed by atoms with E-state index < -0.39 is 0 Å². The zero-order valence-electron chi connectivity index (χ0n) is 9.76. The van der Waals surface area contributed by atoms with Gasteiger partial charge in [0.2, 0.25) is 0 Å². The summed E-state index contributed by atoms with van der Waals surface area (Å²) >= 11 is 0. The Hall–Kier alpha value is -0.410. The summed E-state index contributed by atoms with van der Waals surface area (Å²) in [4.78, 5) is 11.8. The number of carbonyl (C=O) groups is 1. The van der Waals surface area contributed by atoms with Gasteiger partial charge in [-0.15, -0.1) is 0 Å². The topological polar surface area (TPSA) is 38.3 Å². The molecule has 0 bridgehead atoms. The van der Waals surface area contributed by atoms with Crippen molar-refractivity contribution in [3.63, 3.8) is 0 Å². The van der Waals surface area contributed by atoms with E-state index in [0.29, 0.717) is 24.9 Å². The molecule has 88 valence electrons. The molecular formula is C12H23NO2. The molecule has 0 aromatic rings. The van der Waals surface area contributed by atoms with E-state index in [1.165, 1.54) is 25.7 Å². The van der Waals surface area contributed by atoms with E-state index in [0.717, 1.165) is 19.4 Å². The van der Waals surface area contributed by atoms with Gasteiger partial charge in [-0.2, -0.15) is 0 Å². The van der Waals surface area contributed by atoms with E-state index in [1.807, 2.05) is 0 Å². The van der Waals surface area contributed by atoms with Gasteiger partial charge >= 0.3 is 0 Å². The van der Waals surface area contributed by atoms with Gasteiger partial charge in [0.05, 0.1) is 13.2 Å². The van der Waals surface area contributed by atoms with Gasteiger partial charge in [-0.25, -0.2) is 0 Å². The molecule has 0 spiro atoms. The number of ketones is 1. The van der Waals surface area contributed by atoms with Crippen molar-refractivity contribution in [2.75, 3.05) is 26.8 Å². The van der Waals surface area contributed by atoms with Gasteiger partial charge in [-0.3, -0.25) is 4.79 Å². The van der Waals surface area contributed by atoms with Gasteiger partial charge in [0.1, 0.15) is 5.78 Å². The average molecular weight is 213 g/mol. The Labute approximate surface area is 92.6 Å². The van der Waals surface area contributed by atoms with Crippen molar-refractivity contribution in [1.29, 1.82) is 0 Å². The van der Waals surface area contributed by atoms with Crippen LogP contribution in [0.2, 0.25) is 0 Å². The number of hydrogen-bond donors (Lipinski definition) is 1. The quantitative estimate of drug-likeness (QED) is 0.540. The molecule has 1 aliphatic rings. The van der Waals surface area contributed by atoms with Crippen LogP contribution in [0, 0.1) is 5.92 Å². The van der Waals surface area contributed by atoms with Crippen LogP contribution < -0.4 is 5.32 Å². The Bertz CT molecular complexity index is 174. The van der Waals surface area contributed by atoms with Gasteiger partial charge in [0, 0.05) is 19.6 Å². The molecule has 0 saturated heterocycles. The predicted molar refractivity (Wildman–Crippen MR) is 60.9 cm³/mol. The molecule has 0 aromatic heterocycles. The Morgan fingerprint density at radius 2 is 1.93 bits per heavy atom. The second-order valence-corrected chi connectivity index (χ2v) is 4.32. The molecule has 0 atom stereocenters. The molecule has 1 fully saturated rings. The monoisotopic (exact) mass is 213 g/mol. The summed E-state index contributed by atoms with van der Waals surface area (Å²) in [6.07, 6.45) is 7.28. The highest BCUT2D eigenvalue weighted by molar-refractivity contribution is 5.82. The maximum absolute atomic E-state index is 11.8. The van der Waals surface area contributed by atoms with Crippen LogP contribution in [0.1, 0.15) is 38.5 Å². The molecule has 15 heavy (non-hydrogen) atoms. The minimum absolute atomic E-state index is 0.322. The van der Waals surface area contributed by atoms with Gasteiger partial charge in [-0.1, -0.05) is 25.7 Å². The average Bonchev–Trinajstić information content (AvgIpc) is 2.52. The second-order valence-electron chi connectivity index (χ2n) is 4.32. The van der Waals surface area contributed by atoms with Crippen molar-refractivity contribution in [2.45, 2.75) is 38.5 Å². The first-order valence-electron chi connectivity index (χ1n) is 6.07. The van der Waals surface area contributed by atoms with Gasteiger partial charge in [0.25, 0.3) is 0 Å². The fourth-order valence-corrected chi connectivity index (χ4v) is 2.13. The smallest absolute Gasteiger partial charge is 0.149 e. The summed E-state index contributed by atoms with van der Waals surface area (Å²) in [6, 6.07) is 0. The van der Waals surface area contributed by atoms with E-state index in [9.17, 15) is 4.79 Å². The molecule has 1 N–H and O–H groups in total.